The third kappa shape index (κ3) is 4.16. The molecule has 2 aromatic rings. The van der Waals surface area contributed by atoms with Gasteiger partial charge >= 0.3 is 5.97 Å². The molecule has 4 rings (SSSR count). The number of para-hydroxylation sites is 1. The normalized spacial score (nSPS) is 19.0. The topological polar surface area (TPSA) is 63.2 Å². The summed E-state index contributed by atoms with van der Waals surface area (Å²) in [4.78, 5) is 19.6. The first-order valence-electron chi connectivity index (χ1n) is 10.4. The van der Waals surface area contributed by atoms with Crippen LogP contribution >= 0.6 is 11.6 Å². The van der Waals surface area contributed by atoms with Gasteiger partial charge in [0.05, 0.1) is 18.1 Å². The van der Waals surface area contributed by atoms with Crippen LogP contribution in [0.3, 0.4) is 0 Å². The largest absolute Gasteiger partial charge is 0.466 e. The molecule has 2 heterocycles. The number of ether oxygens (including phenoxy) is 2. The number of carbonyl (C=O) groups excluding carboxylic acids is 1. The Bertz CT molecular complexity index is 962. The van der Waals surface area contributed by atoms with Gasteiger partial charge < -0.3 is 19.7 Å². The monoisotopic (exact) mass is 427 g/mol. The second-order valence-electron chi connectivity index (χ2n) is 7.42. The Labute approximate surface area is 181 Å². The van der Waals surface area contributed by atoms with E-state index >= 15 is 0 Å². The lowest BCUT2D eigenvalue weighted by Gasteiger charge is -2.38. The number of nitrogens with zero attached hydrogens (tertiary/aromatic N) is 2. The highest BCUT2D eigenvalue weighted by atomic mass is 35.5. The molecule has 0 bridgehead atoms. The van der Waals surface area contributed by atoms with Crippen molar-refractivity contribution in [1.29, 1.82) is 0 Å². The number of aliphatic imine (C=N–C) groups is 1. The van der Waals surface area contributed by atoms with E-state index in [0.29, 0.717) is 29.6 Å². The molecule has 2 aromatic carbocycles. The Morgan fingerprint density at radius 3 is 2.93 bits per heavy atom. The average Bonchev–Trinajstić information content (AvgIpc) is 2.91. The molecule has 2 aliphatic heterocycles. The van der Waals surface area contributed by atoms with E-state index in [1.165, 1.54) is 0 Å². The molecular formula is C23H26ClN3O3. The summed E-state index contributed by atoms with van der Waals surface area (Å²) in [6.07, 6.45) is 0.717. The van der Waals surface area contributed by atoms with E-state index in [9.17, 15) is 4.79 Å². The molecule has 7 heteroatoms. The predicted octanol–water partition coefficient (Wildman–Crippen LogP) is 4.39. The van der Waals surface area contributed by atoms with E-state index in [2.05, 4.69) is 10.2 Å². The fourth-order valence-corrected chi connectivity index (χ4v) is 4.21. The zero-order chi connectivity index (χ0) is 21.1. The Balaban J connectivity index is 1.69. The maximum absolute atomic E-state index is 12.5. The van der Waals surface area contributed by atoms with Crippen LogP contribution < -0.4 is 10.1 Å². The second-order valence-corrected chi connectivity index (χ2v) is 7.86. The van der Waals surface area contributed by atoms with Crippen molar-refractivity contribution in [2.24, 2.45) is 10.9 Å². The number of hydrogen-bond acceptors (Lipinski definition) is 6. The third-order valence-electron chi connectivity index (χ3n) is 5.51. The molecule has 2 atom stereocenters. The number of benzene rings is 2. The first-order chi connectivity index (χ1) is 14.6. The van der Waals surface area contributed by atoms with E-state index in [1.54, 1.807) is 6.07 Å². The molecular weight excluding hydrogens is 402 g/mol. The number of esters is 1. The van der Waals surface area contributed by atoms with E-state index in [1.807, 2.05) is 50.2 Å². The Hall–Kier alpha value is -2.57. The van der Waals surface area contributed by atoms with Gasteiger partial charge in [-0.15, -0.1) is 0 Å². The van der Waals surface area contributed by atoms with Gasteiger partial charge in [-0.2, -0.15) is 0 Å². The first kappa shape index (κ1) is 20.7. The van der Waals surface area contributed by atoms with Gasteiger partial charge in [0.15, 0.2) is 5.75 Å². The lowest BCUT2D eigenvalue weighted by molar-refractivity contribution is -0.149. The number of halogens is 1. The summed E-state index contributed by atoms with van der Waals surface area (Å²) in [5.74, 6) is 1.91. The highest BCUT2D eigenvalue weighted by Gasteiger charge is 2.34. The van der Waals surface area contributed by atoms with Crippen LogP contribution in [0.15, 0.2) is 47.5 Å². The number of hydrogen-bond donors (Lipinski definition) is 1. The molecule has 0 spiro atoms. The molecule has 2 aliphatic rings. The van der Waals surface area contributed by atoms with Crippen LogP contribution in [-0.4, -0.2) is 49.0 Å². The quantitative estimate of drug-likeness (QED) is 0.733. The van der Waals surface area contributed by atoms with Gasteiger partial charge in [-0.1, -0.05) is 30.7 Å². The standard InChI is InChI=1S/C23H26ClN3O3/c1-3-16(23(28)29-4-2)19-14-27(12-11-25-19)22-17-7-5-6-8-20(17)30-21-10-9-15(24)13-18(21)26-22/h5-10,13,16,19,25H,3-4,11-12,14H2,1-2H3/t16-,19+/m0/s1. The van der Waals surface area contributed by atoms with Crippen LogP contribution in [0.1, 0.15) is 25.8 Å². The maximum Gasteiger partial charge on any atom is 0.310 e. The fraction of sp³-hybridized carbons (Fsp3) is 0.391. The van der Waals surface area contributed by atoms with Crippen molar-refractivity contribution in [3.8, 4) is 11.5 Å². The Morgan fingerprint density at radius 1 is 1.30 bits per heavy atom. The molecule has 6 nitrogen and oxygen atoms in total. The lowest BCUT2D eigenvalue weighted by Crippen LogP contribution is -2.56. The van der Waals surface area contributed by atoms with Crippen LogP contribution in [0.4, 0.5) is 5.69 Å². The Kier molecular flexibility index (Phi) is 6.25. The summed E-state index contributed by atoms with van der Waals surface area (Å²) in [7, 11) is 0. The molecule has 0 radical (unpaired) electrons. The average molecular weight is 428 g/mol. The van der Waals surface area contributed by atoms with E-state index in [4.69, 9.17) is 26.1 Å². The van der Waals surface area contributed by atoms with Crippen molar-refractivity contribution in [3.63, 3.8) is 0 Å². The van der Waals surface area contributed by atoms with E-state index in [0.717, 1.165) is 36.7 Å². The molecule has 1 fully saturated rings. The van der Waals surface area contributed by atoms with Crippen molar-refractivity contribution in [1.82, 2.24) is 10.2 Å². The third-order valence-corrected chi connectivity index (χ3v) is 5.75. The molecule has 0 amide bonds. The maximum atomic E-state index is 12.5. The summed E-state index contributed by atoms with van der Waals surface area (Å²) in [5.41, 5.74) is 1.62. The molecule has 158 valence electrons. The summed E-state index contributed by atoms with van der Waals surface area (Å²) < 4.78 is 11.5. The molecule has 0 saturated carbocycles. The zero-order valence-corrected chi connectivity index (χ0v) is 18.0. The molecule has 0 unspecified atom stereocenters. The van der Waals surface area contributed by atoms with Crippen LogP contribution in [0.2, 0.25) is 5.02 Å². The van der Waals surface area contributed by atoms with Crippen LogP contribution in [0, 0.1) is 5.92 Å². The van der Waals surface area contributed by atoms with Crippen molar-refractivity contribution >= 4 is 29.1 Å². The summed E-state index contributed by atoms with van der Waals surface area (Å²) >= 11 is 6.22. The molecule has 0 aliphatic carbocycles. The molecule has 0 aromatic heterocycles. The van der Waals surface area contributed by atoms with Crippen LogP contribution in [-0.2, 0) is 9.53 Å². The minimum absolute atomic E-state index is 0.0133. The van der Waals surface area contributed by atoms with Gasteiger partial charge in [-0.05, 0) is 43.7 Å². The predicted molar refractivity (Wildman–Crippen MR) is 118 cm³/mol. The van der Waals surface area contributed by atoms with E-state index in [-0.39, 0.29) is 17.9 Å². The first-order valence-corrected chi connectivity index (χ1v) is 10.8. The van der Waals surface area contributed by atoms with Crippen molar-refractivity contribution in [3.05, 3.63) is 53.1 Å². The van der Waals surface area contributed by atoms with Crippen LogP contribution in [0.5, 0.6) is 11.5 Å². The van der Waals surface area contributed by atoms with Crippen molar-refractivity contribution < 1.29 is 14.3 Å². The van der Waals surface area contributed by atoms with Gasteiger partial charge in [0.1, 0.15) is 17.3 Å². The van der Waals surface area contributed by atoms with Crippen LogP contribution in [0.25, 0.3) is 0 Å². The van der Waals surface area contributed by atoms with Gasteiger partial charge in [0, 0.05) is 30.7 Å². The summed E-state index contributed by atoms with van der Waals surface area (Å²) in [6, 6.07) is 13.3. The minimum atomic E-state index is -0.202. The fourth-order valence-electron chi connectivity index (χ4n) is 4.04. The lowest BCUT2D eigenvalue weighted by atomic mass is 9.94. The van der Waals surface area contributed by atoms with Gasteiger partial charge in [0.2, 0.25) is 0 Å². The van der Waals surface area contributed by atoms with Gasteiger partial charge in [0.25, 0.3) is 0 Å². The highest BCUT2D eigenvalue weighted by Crippen LogP contribution is 2.39. The number of carbonyl (C=O) groups is 1. The number of fused-ring (bicyclic) bond motifs is 2. The van der Waals surface area contributed by atoms with Crippen molar-refractivity contribution in [2.75, 3.05) is 26.2 Å². The molecule has 1 N–H and O–H groups in total. The highest BCUT2D eigenvalue weighted by molar-refractivity contribution is 6.31. The summed E-state index contributed by atoms with van der Waals surface area (Å²) in [6.45, 7) is 6.43. The number of amidine groups is 1. The van der Waals surface area contributed by atoms with E-state index < -0.39 is 0 Å². The number of nitrogens with one attached hydrogen (secondary N) is 1. The minimum Gasteiger partial charge on any atom is -0.466 e. The zero-order valence-electron chi connectivity index (χ0n) is 17.2. The number of rotatable bonds is 4. The van der Waals surface area contributed by atoms with Gasteiger partial charge in [-0.25, -0.2) is 4.99 Å². The smallest absolute Gasteiger partial charge is 0.310 e. The Morgan fingerprint density at radius 2 is 2.13 bits per heavy atom. The van der Waals surface area contributed by atoms with Crippen molar-refractivity contribution in [2.45, 2.75) is 26.3 Å². The van der Waals surface area contributed by atoms with Gasteiger partial charge in [-0.3, -0.25) is 4.79 Å². The second kappa shape index (κ2) is 9.06. The number of piperazine rings is 1. The summed E-state index contributed by atoms with van der Waals surface area (Å²) in [5, 5.41) is 4.11. The molecule has 30 heavy (non-hydrogen) atoms. The SMILES string of the molecule is CCOC(=O)[C@@H](CC)[C@H]1CN(C2=Nc3cc(Cl)ccc3Oc3ccccc32)CCN1. The molecule has 1 saturated heterocycles.